The van der Waals surface area contributed by atoms with E-state index in [0.717, 1.165) is 42.9 Å². The third kappa shape index (κ3) is 10.3. The Kier molecular flexibility index (Phi) is 7.51. The van der Waals surface area contributed by atoms with Crippen LogP contribution in [0.5, 0.6) is 0 Å². The van der Waals surface area contributed by atoms with Gasteiger partial charge in [-0.3, -0.25) is 0 Å². The van der Waals surface area contributed by atoms with Crippen LogP contribution >= 0.6 is 0 Å². The maximum absolute atomic E-state index is 14.9. The first-order chi connectivity index (χ1) is 39.1. The normalized spacial score (nSPS) is 18.6. The van der Waals surface area contributed by atoms with Crippen LogP contribution in [0.25, 0.3) is 55.7 Å². The van der Waals surface area contributed by atoms with Crippen LogP contribution in [-0.2, 0) is 64.7 Å². The van der Waals surface area contributed by atoms with Crippen molar-refractivity contribution >= 4 is 21.9 Å². The standard InChI is InChI=1S/C58H51FN3O.Ir/c1-38-27-53(43-13-8-6-9-14-43)60-35-45(38)22-19-40-29-41(20-23-46-36-61-54(28-39(46)2)44-15-10-7-11-16-44)31-42(30-40)21-24-47-37-62-55(32-48(47)34-58(3,4)5)51-18-12-17-50-52-33-49(59)25-26-56(52)63-57(50)51;/h6-13,15,17,25-33,35-37H,19-24,34H2,1-5H3;/q-3;+3/i1D3,2D3,19D2,20D2,21D2,22D2,23D2,24D2,25D,33D,34D2;. The summed E-state index contributed by atoms with van der Waals surface area (Å²) in [6.45, 7) is -1.83. The van der Waals surface area contributed by atoms with Crippen molar-refractivity contribution in [2.24, 2.45) is 5.41 Å². The van der Waals surface area contributed by atoms with Crippen LogP contribution in [-0.4, -0.2) is 15.0 Å². The molecule has 0 atom stereocenters. The summed E-state index contributed by atoms with van der Waals surface area (Å²) in [6, 6.07) is 29.3. The Morgan fingerprint density at radius 1 is 0.625 bits per heavy atom. The van der Waals surface area contributed by atoms with Crippen molar-refractivity contribution in [1.29, 1.82) is 0 Å². The summed E-state index contributed by atoms with van der Waals surface area (Å²) in [5, 5.41) is 0.196. The molecule has 5 aromatic carbocycles. The molecule has 4 heterocycles. The van der Waals surface area contributed by atoms with Crippen LogP contribution < -0.4 is 0 Å². The van der Waals surface area contributed by atoms with E-state index in [1.807, 2.05) is 0 Å². The Bertz CT molecular complexity index is 3920. The molecule has 9 aromatic rings. The Hall–Kier alpha value is -6.07. The second-order valence-corrected chi connectivity index (χ2v) is 15.5. The molecule has 0 N–H and O–H groups in total. The van der Waals surface area contributed by atoms with Gasteiger partial charge in [-0.25, -0.2) is 4.39 Å². The quantitative estimate of drug-likeness (QED) is 0.108. The van der Waals surface area contributed by atoms with Crippen molar-refractivity contribution in [1.82, 2.24) is 15.0 Å². The molecule has 0 saturated carbocycles. The minimum Gasteiger partial charge on any atom is -0.501 e. The van der Waals surface area contributed by atoms with Gasteiger partial charge in [0.05, 0.1) is 8.32 Å². The Balaban J connectivity index is 0.00000961. The van der Waals surface area contributed by atoms with Crippen molar-refractivity contribution in [3.05, 3.63) is 208 Å². The fourth-order valence-corrected chi connectivity index (χ4v) is 6.75. The second kappa shape index (κ2) is 19.4. The zero-order valence-electron chi connectivity index (χ0n) is 56.5. The van der Waals surface area contributed by atoms with E-state index < -0.39 is 132 Å². The number of benzene rings is 5. The number of rotatable bonds is 13. The molecule has 0 spiro atoms. The van der Waals surface area contributed by atoms with Crippen LogP contribution in [0.1, 0.15) is 101 Å². The molecule has 0 amide bonds. The molecule has 0 bridgehead atoms. The van der Waals surface area contributed by atoms with Gasteiger partial charge in [0.15, 0.2) is 0 Å². The number of aryl methyl sites for hydroxylation is 8. The largest absolute Gasteiger partial charge is 3.00 e. The van der Waals surface area contributed by atoms with E-state index >= 15 is 0 Å². The van der Waals surface area contributed by atoms with Gasteiger partial charge in [0, 0.05) is 51.4 Å². The topological polar surface area (TPSA) is 51.8 Å². The average Bonchev–Trinajstić information content (AvgIpc) is 0.773. The number of furan rings is 1. The van der Waals surface area contributed by atoms with Gasteiger partial charge in [-0.15, -0.1) is 90.0 Å². The van der Waals surface area contributed by atoms with Gasteiger partial charge in [0.2, 0.25) is 0 Å². The molecular formula is C58H51FIrN3O. The molecule has 64 heavy (non-hydrogen) atoms. The van der Waals surface area contributed by atoms with Crippen molar-refractivity contribution in [3.8, 4) is 33.8 Å². The molecule has 0 saturated heterocycles. The zero-order chi connectivity index (χ0) is 62.8. The summed E-state index contributed by atoms with van der Waals surface area (Å²) >= 11 is 0. The minimum atomic E-state index is -3.62. The van der Waals surface area contributed by atoms with Crippen molar-refractivity contribution in [3.63, 3.8) is 0 Å². The van der Waals surface area contributed by atoms with Crippen LogP contribution in [0.4, 0.5) is 4.39 Å². The maximum Gasteiger partial charge on any atom is 3.00 e. The van der Waals surface area contributed by atoms with E-state index in [2.05, 4.69) is 33.2 Å². The van der Waals surface area contributed by atoms with Crippen molar-refractivity contribution in [2.75, 3.05) is 0 Å². The predicted molar refractivity (Wildman–Crippen MR) is 254 cm³/mol. The molecule has 4 nitrogen and oxygen atoms in total. The third-order valence-electron chi connectivity index (χ3n) is 9.65. The Morgan fingerprint density at radius 3 is 1.73 bits per heavy atom. The van der Waals surface area contributed by atoms with Gasteiger partial charge in [-0.2, -0.15) is 0 Å². The molecule has 0 radical (unpaired) electrons. The number of hydrogen-bond donors (Lipinski definition) is 0. The molecule has 6 heteroatoms. The van der Waals surface area contributed by atoms with E-state index in [0.29, 0.717) is 29.3 Å². The fraction of sp³-hybridized carbons (Fsp3) is 0.224. The minimum absolute atomic E-state index is 0. The summed E-state index contributed by atoms with van der Waals surface area (Å²) in [7, 11) is 0. The number of hydrogen-bond acceptors (Lipinski definition) is 4. The van der Waals surface area contributed by atoms with Gasteiger partial charge in [0.25, 0.3) is 0 Å². The summed E-state index contributed by atoms with van der Waals surface area (Å²) in [5.74, 6) is -1.12. The molecule has 0 aliphatic heterocycles. The number of pyridine rings is 3. The smallest absolute Gasteiger partial charge is 0.501 e. The number of nitrogens with zero attached hydrogens (tertiary/aromatic N) is 3. The number of halogens is 1. The molecule has 0 fully saturated rings. The first-order valence-electron chi connectivity index (χ1n) is 30.8. The summed E-state index contributed by atoms with van der Waals surface area (Å²) in [4.78, 5) is 13.0. The zero-order valence-corrected chi connectivity index (χ0v) is 36.9. The van der Waals surface area contributed by atoms with Crippen LogP contribution in [0, 0.1) is 43.1 Å². The van der Waals surface area contributed by atoms with Crippen molar-refractivity contribution in [2.45, 2.75) is 79.1 Å². The van der Waals surface area contributed by atoms with Gasteiger partial charge in [0.1, 0.15) is 11.4 Å². The number of aromatic nitrogens is 3. The third-order valence-corrected chi connectivity index (χ3v) is 9.65. The number of fused-ring (bicyclic) bond motifs is 3. The van der Waals surface area contributed by atoms with Crippen molar-refractivity contribution < 1.29 is 59.1 Å². The van der Waals surface area contributed by atoms with Gasteiger partial charge in [-0.1, -0.05) is 79.2 Å². The fourth-order valence-electron chi connectivity index (χ4n) is 6.75. The van der Waals surface area contributed by atoms with E-state index in [4.69, 9.17) is 15.4 Å². The SMILES string of the molecule is [2H]c1cc2oc3c(-c4cc(C([2H])([2H])C(C)(C)C)c(C([2H])([2H])C([2H])([2H])c5cc(C([2H])([2H])C([2H])([2H])c6cnc(-c7[c-]cccc7)cc6C([2H])([2H])[2H])cc(C([2H])([2H])C([2H])([2H])c6cnc(-c7[c-]cccc7)cc6C([2H])([2H])[2H])c5)cn4)[c-]ccc3c2c([2H])c1F.[Ir+3]. The van der Waals surface area contributed by atoms with Gasteiger partial charge in [-0.05, 0) is 138 Å². The first-order valence-corrected chi connectivity index (χ1v) is 19.8. The summed E-state index contributed by atoms with van der Waals surface area (Å²) in [6.07, 6.45) is -21.6. The molecule has 4 aromatic heterocycles. The maximum atomic E-state index is 14.9. The molecule has 320 valence electrons. The van der Waals surface area contributed by atoms with Gasteiger partial charge < -0.3 is 19.4 Å². The van der Waals surface area contributed by atoms with Crippen LogP contribution in [0.15, 0.2) is 138 Å². The van der Waals surface area contributed by atoms with E-state index in [1.165, 1.54) is 45.0 Å². The molecular weight excluding hydrogens is 966 g/mol. The predicted octanol–water partition coefficient (Wildman–Crippen LogP) is 13.9. The molecule has 0 aliphatic rings. The molecule has 0 unspecified atom stereocenters. The van der Waals surface area contributed by atoms with Crippen LogP contribution in [0.3, 0.4) is 0 Å². The van der Waals surface area contributed by atoms with E-state index in [9.17, 15) is 23.6 Å². The second-order valence-electron chi connectivity index (χ2n) is 15.5. The first kappa shape index (κ1) is 24.8. The Morgan fingerprint density at radius 2 is 1.19 bits per heavy atom. The summed E-state index contributed by atoms with van der Waals surface area (Å²) < 4.78 is 223. The molecule has 0 aliphatic carbocycles. The Labute approximate surface area is 421 Å². The monoisotopic (exact) mass is 1040 g/mol. The summed E-state index contributed by atoms with van der Waals surface area (Å²) in [5.41, 5.74) is -8.20. The average molecular weight is 1040 g/mol. The van der Waals surface area contributed by atoms with Gasteiger partial charge >= 0.3 is 20.1 Å². The van der Waals surface area contributed by atoms with E-state index in [-0.39, 0.29) is 64.7 Å². The molecule has 9 rings (SSSR count). The van der Waals surface area contributed by atoms with E-state index in [1.54, 1.807) is 36.4 Å². The van der Waals surface area contributed by atoms with Crippen LogP contribution in [0.2, 0.25) is 0 Å².